The van der Waals surface area contributed by atoms with E-state index in [1.165, 1.54) is 51.0 Å². The molecule has 0 amide bonds. The Morgan fingerprint density at radius 3 is 1.62 bits per heavy atom. The van der Waals surface area contributed by atoms with E-state index in [4.69, 9.17) is 32.8 Å². The van der Waals surface area contributed by atoms with Gasteiger partial charge < -0.3 is 32.3 Å². The van der Waals surface area contributed by atoms with Crippen molar-refractivity contribution in [1.29, 1.82) is 5.41 Å². The normalized spacial score (nSPS) is 12.8. The van der Waals surface area contributed by atoms with Crippen LogP contribution in [0.1, 0.15) is 78.6 Å². The third-order valence-electron chi connectivity index (χ3n) is 5.08. The van der Waals surface area contributed by atoms with Crippen molar-refractivity contribution >= 4 is 23.9 Å². The molecule has 0 saturated carbocycles. The molecule has 0 rings (SSSR count). The Labute approximate surface area is 253 Å². The van der Waals surface area contributed by atoms with Crippen LogP contribution in [0.15, 0.2) is 77.9 Å². The Kier molecular flexibility index (Phi) is 32.0. The lowest BCUT2D eigenvalue weighted by Crippen LogP contribution is -2.32. The predicted octanol–water partition coefficient (Wildman–Crippen LogP) is 5.75. The molecule has 0 aliphatic heterocycles. The number of aliphatic carboxylic acids is 2. The average Bonchev–Trinajstić information content (AvgIpc) is 2.89. The van der Waals surface area contributed by atoms with E-state index in [0.717, 1.165) is 12.5 Å². The second-order valence-corrected chi connectivity index (χ2v) is 9.90. The van der Waals surface area contributed by atoms with Gasteiger partial charge in [0.1, 0.15) is 6.04 Å². The van der Waals surface area contributed by atoms with Crippen molar-refractivity contribution in [2.24, 2.45) is 28.1 Å². The van der Waals surface area contributed by atoms with Crippen molar-refractivity contribution in [3.05, 3.63) is 72.9 Å². The number of allylic oxidation sites excluding steroid dienone is 11. The summed E-state index contributed by atoms with van der Waals surface area (Å²) in [6.45, 7) is 6.15. The largest absolute Gasteiger partial charge is 0.480 e. The van der Waals surface area contributed by atoms with E-state index in [0.29, 0.717) is 12.3 Å². The van der Waals surface area contributed by atoms with Crippen LogP contribution in [0.3, 0.4) is 0 Å². The number of nitrogens with two attached hydrogens (primary N) is 3. The van der Waals surface area contributed by atoms with Gasteiger partial charge in [0, 0.05) is 20.2 Å². The molecule has 0 fully saturated rings. The van der Waals surface area contributed by atoms with E-state index < -0.39 is 18.0 Å². The number of nitrogens with one attached hydrogen (secondary N) is 1. The fraction of sp³-hybridized carbons (Fsp3) is 0.500. The molecule has 42 heavy (non-hydrogen) atoms. The number of carboxylic acid groups (broad SMARTS) is 2. The van der Waals surface area contributed by atoms with Gasteiger partial charge in [0.25, 0.3) is 0 Å². The molecule has 0 aliphatic rings. The summed E-state index contributed by atoms with van der Waals surface area (Å²) in [5.41, 5.74) is 15.4. The Bertz CT molecular complexity index is 916. The number of carboxylic acids is 2. The van der Waals surface area contributed by atoms with Crippen molar-refractivity contribution in [2.75, 3.05) is 14.1 Å². The topological polar surface area (TPSA) is 192 Å². The number of hydrogen-bond acceptors (Lipinski definition) is 4. The molecule has 0 aromatic heterocycles. The molecule has 10 nitrogen and oxygen atoms in total. The molecular formula is C32H56N6O4. The fourth-order valence-electron chi connectivity index (χ4n) is 2.88. The minimum Gasteiger partial charge on any atom is -0.480 e. The molecule has 0 spiro atoms. The minimum atomic E-state index is -0.936. The zero-order chi connectivity index (χ0) is 32.6. The van der Waals surface area contributed by atoms with Crippen LogP contribution < -0.4 is 17.2 Å². The molecule has 0 aromatic carbocycles. The molecule has 0 bridgehead atoms. The minimum absolute atomic E-state index is 0.238. The van der Waals surface area contributed by atoms with E-state index in [1.807, 2.05) is 50.3 Å². The highest BCUT2D eigenvalue weighted by Crippen LogP contribution is 2.08. The molecule has 238 valence electrons. The highest BCUT2D eigenvalue weighted by molar-refractivity contribution is 5.91. The third kappa shape index (κ3) is 40.6. The van der Waals surface area contributed by atoms with Crippen molar-refractivity contribution in [2.45, 2.75) is 84.6 Å². The quantitative estimate of drug-likeness (QED) is 0.0406. The smallest absolute Gasteiger partial charge is 0.328 e. The molecule has 0 radical (unpaired) electrons. The van der Waals surface area contributed by atoms with Gasteiger partial charge in [0.15, 0.2) is 5.96 Å². The monoisotopic (exact) mass is 588 g/mol. The van der Waals surface area contributed by atoms with E-state index in [1.54, 1.807) is 31.1 Å². The summed E-state index contributed by atoms with van der Waals surface area (Å²) < 4.78 is 0. The lowest BCUT2D eigenvalue weighted by molar-refractivity contribution is -0.139. The first-order valence-corrected chi connectivity index (χ1v) is 14.4. The third-order valence-corrected chi connectivity index (χ3v) is 5.08. The van der Waals surface area contributed by atoms with Gasteiger partial charge in [-0.25, -0.2) is 4.79 Å². The number of rotatable bonds is 17. The fourth-order valence-corrected chi connectivity index (χ4v) is 2.88. The van der Waals surface area contributed by atoms with Crippen LogP contribution in [0, 0.1) is 11.3 Å². The van der Waals surface area contributed by atoms with Gasteiger partial charge in [-0.2, -0.15) is 4.99 Å². The van der Waals surface area contributed by atoms with Crippen LogP contribution in [0.25, 0.3) is 0 Å². The zero-order valence-electron chi connectivity index (χ0n) is 26.3. The lowest BCUT2D eigenvalue weighted by Gasteiger charge is -2.08. The number of carbonyl (C=O) groups is 2. The maximum Gasteiger partial charge on any atom is 0.328 e. The number of aliphatic imine (C=N–C) groups is 1. The Morgan fingerprint density at radius 1 is 0.810 bits per heavy atom. The van der Waals surface area contributed by atoms with E-state index in [-0.39, 0.29) is 11.9 Å². The molecule has 1 atom stereocenters. The maximum absolute atomic E-state index is 10.2. The lowest BCUT2D eigenvalue weighted by atomic mass is 10.1. The second-order valence-electron chi connectivity index (χ2n) is 9.90. The van der Waals surface area contributed by atoms with Crippen LogP contribution in [0.4, 0.5) is 0 Å². The first-order chi connectivity index (χ1) is 19.8. The van der Waals surface area contributed by atoms with Crippen LogP contribution in [-0.4, -0.2) is 59.1 Å². The van der Waals surface area contributed by atoms with Crippen LogP contribution in [0.2, 0.25) is 0 Å². The van der Waals surface area contributed by atoms with Gasteiger partial charge in [-0.1, -0.05) is 126 Å². The summed E-state index contributed by atoms with van der Waals surface area (Å²) in [5, 5.41) is 23.4. The standard InChI is InChI=1S/C22H32O2.C6H13NO2.C4H11N5/c1-2-3-4-5-6-7-8-9-10-11-12-13-14-15-16-17-18-19-20-21-22(23)24;1-4(2)3-5(7)6(8)9;1-9(2)4(7)8-3(5)6/h10-21H,2-9H2,1H3,(H,23,24);4-5H,3,7H2,1-2H3,(H,8,9);1-2H3,(H5,5,6,7,8)/t;5-;/m.0./s1. The number of unbranched alkanes of at least 4 members (excludes halogenated alkanes) is 7. The highest BCUT2D eigenvalue weighted by atomic mass is 16.4. The number of hydrogen-bond donors (Lipinski definition) is 6. The first-order valence-electron chi connectivity index (χ1n) is 14.4. The summed E-state index contributed by atoms with van der Waals surface area (Å²) in [6, 6.07) is -0.690. The van der Waals surface area contributed by atoms with E-state index >= 15 is 0 Å². The number of nitrogens with zero attached hydrogens (tertiary/aromatic N) is 2. The molecule has 0 heterocycles. The summed E-state index contributed by atoms with van der Waals surface area (Å²) in [4.78, 5) is 25.4. The molecule has 0 aliphatic carbocycles. The van der Waals surface area contributed by atoms with Crippen LogP contribution >= 0.6 is 0 Å². The van der Waals surface area contributed by atoms with Gasteiger partial charge in [0.05, 0.1) is 0 Å². The Morgan fingerprint density at radius 2 is 1.26 bits per heavy atom. The average molecular weight is 589 g/mol. The van der Waals surface area contributed by atoms with Gasteiger partial charge in [0.2, 0.25) is 5.96 Å². The Balaban J connectivity index is -0.000000687. The first kappa shape index (κ1) is 42.5. The van der Waals surface area contributed by atoms with Crippen molar-refractivity contribution in [3.63, 3.8) is 0 Å². The van der Waals surface area contributed by atoms with Crippen LogP contribution in [-0.2, 0) is 9.59 Å². The predicted molar refractivity (Wildman–Crippen MR) is 177 cm³/mol. The SMILES string of the molecule is CC(C)C[C@H](N)C(=O)O.CCCCCCCCCC=CC=CC=CC=CC=CC=CC(=O)O.CN(C)C(N)=NC(=N)N. The van der Waals surface area contributed by atoms with Crippen molar-refractivity contribution < 1.29 is 19.8 Å². The van der Waals surface area contributed by atoms with E-state index in [9.17, 15) is 9.59 Å². The molecule has 0 aromatic rings. The number of guanidine groups is 2. The van der Waals surface area contributed by atoms with Gasteiger partial charge in [-0.05, 0) is 25.2 Å². The summed E-state index contributed by atoms with van der Waals surface area (Å²) in [7, 11) is 3.45. The molecular weight excluding hydrogens is 532 g/mol. The summed E-state index contributed by atoms with van der Waals surface area (Å²) >= 11 is 0. The maximum atomic E-state index is 10.2. The van der Waals surface area contributed by atoms with Gasteiger partial charge in [-0.3, -0.25) is 10.2 Å². The summed E-state index contributed by atoms with van der Waals surface area (Å²) in [5.74, 6) is -1.53. The van der Waals surface area contributed by atoms with Crippen molar-refractivity contribution in [1.82, 2.24) is 4.90 Å². The van der Waals surface area contributed by atoms with Gasteiger partial charge in [-0.15, -0.1) is 0 Å². The summed E-state index contributed by atoms with van der Waals surface area (Å²) in [6.07, 6.45) is 33.3. The van der Waals surface area contributed by atoms with Crippen molar-refractivity contribution in [3.8, 4) is 0 Å². The molecule has 0 saturated heterocycles. The molecule has 0 unspecified atom stereocenters. The zero-order valence-corrected chi connectivity index (χ0v) is 26.3. The van der Waals surface area contributed by atoms with Crippen LogP contribution in [0.5, 0.6) is 0 Å². The molecule has 9 N–H and O–H groups in total. The van der Waals surface area contributed by atoms with E-state index in [2.05, 4.69) is 24.1 Å². The highest BCUT2D eigenvalue weighted by Gasteiger charge is 2.11. The second kappa shape index (κ2) is 31.6. The van der Waals surface area contributed by atoms with Gasteiger partial charge >= 0.3 is 11.9 Å². The molecule has 10 heteroatoms. The Hall–Kier alpha value is -3.92.